The van der Waals surface area contributed by atoms with Gasteiger partial charge in [-0.25, -0.2) is 4.98 Å². The molecule has 1 aromatic heterocycles. The van der Waals surface area contributed by atoms with Crippen molar-refractivity contribution in [1.82, 2.24) is 4.98 Å². The minimum absolute atomic E-state index is 0.0979. The van der Waals surface area contributed by atoms with Gasteiger partial charge < -0.3 is 0 Å². The fraction of sp³-hybridized carbons (Fsp3) is 0.125. The summed E-state index contributed by atoms with van der Waals surface area (Å²) in [7, 11) is 0. The van der Waals surface area contributed by atoms with Gasteiger partial charge in [-0.15, -0.1) is 0 Å². The number of nitriles is 1. The zero-order valence-corrected chi connectivity index (χ0v) is 7.40. The molecule has 0 N–H and O–H groups in total. The lowest BCUT2D eigenvalue weighted by atomic mass is 10.4. The zero-order chi connectivity index (χ0) is 9.68. The van der Waals surface area contributed by atoms with Crippen molar-refractivity contribution in [1.29, 1.82) is 5.26 Å². The molecule has 0 atom stereocenters. The standard InChI is InChI=1S/C8H6ClN3O/c9-8(13)12(6-4-10)7-3-1-2-5-11-7/h1-3,5H,6H2. The summed E-state index contributed by atoms with van der Waals surface area (Å²) in [5.41, 5.74) is 0. The van der Waals surface area contributed by atoms with Crippen LogP contribution in [0.25, 0.3) is 0 Å². The Labute approximate surface area is 80.4 Å². The first-order valence-electron chi connectivity index (χ1n) is 3.50. The molecular weight excluding hydrogens is 190 g/mol. The van der Waals surface area contributed by atoms with Crippen LogP contribution in [0, 0.1) is 11.3 Å². The second-order valence-electron chi connectivity index (χ2n) is 2.19. The molecule has 0 aliphatic rings. The SMILES string of the molecule is N#CCN(C(=O)Cl)c1ccccn1. The first kappa shape index (κ1) is 9.49. The third-order valence-corrected chi connectivity index (χ3v) is 1.57. The summed E-state index contributed by atoms with van der Waals surface area (Å²) in [5, 5.41) is 7.71. The van der Waals surface area contributed by atoms with Crippen LogP contribution in [0.4, 0.5) is 10.6 Å². The van der Waals surface area contributed by atoms with Gasteiger partial charge in [0.2, 0.25) is 0 Å². The van der Waals surface area contributed by atoms with Crippen LogP contribution in [0.15, 0.2) is 24.4 Å². The first-order chi connectivity index (χ1) is 6.25. The average Bonchev–Trinajstić information content (AvgIpc) is 2.15. The molecular formula is C8H6ClN3O. The predicted molar refractivity (Wildman–Crippen MR) is 48.4 cm³/mol. The zero-order valence-electron chi connectivity index (χ0n) is 6.64. The molecule has 66 valence electrons. The molecule has 0 aliphatic carbocycles. The molecule has 1 rings (SSSR count). The number of anilines is 1. The summed E-state index contributed by atoms with van der Waals surface area (Å²) in [6.45, 7) is -0.0979. The average molecular weight is 196 g/mol. The number of aromatic nitrogens is 1. The number of rotatable bonds is 2. The number of carbonyl (C=O) groups is 1. The predicted octanol–water partition coefficient (Wildman–Crippen LogP) is 1.77. The molecule has 0 bridgehead atoms. The highest BCUT2D eigenvalue weighted by Gasteiger charge is 2.12. The van der Waals surface area contributed by atoms with E-state index in [2.05, 4.69) is 4.98 Å². The Morgan fingerprint density at radius 3 is 2.92 bits per heavy atom. The molecule has 0 fully saturated rings. The minimum Gasteiger partial charge on any atom is -0.269 e. The summed E-state index contributed by atoms with van der Waals surface area (Å²) in [6.07, 6.45) is 1.53. The topological polar surface area (TPSA) is 57.0 Å². The Hall–Kier alpha value is -1.60. The fourth-order valence-electron chi connectivity index (χ4n) is 0.817. The number of amides is 1. The van der Waals surface area contributed by atoms with Crippen LogP contribution >= 0.6 is 11.6 Å². The van der Waals surface area contributed by atoms with Crippen LogP contribution in [0.3, 0.4) is 0 Å². The normalized spacial score (nSPS) is 8.92. The van der Waals surface area contributed by atoms with E-state index in [4.69, 9.17) is 16.9 Å². The molecule has 0 aromatic carbocycles. The lowest BCUT2D eigenvalue weighted by Gasteiger charge is -2.13. The van der Waals surface area contributed by atoms with Crippen molar-refractivity contribution in [2.45, 2.75) is 0 Å². The van der Waals surface area contributed by atoms with Gasteiger partial charge in [0.05, 0.1) is 6.07 Å². The van der Waals surface area contributed by atoms with Crippen molar-refractivity contribution in [3.63, 3.8) is 0 Å². The van der Waals surface area contributed by atoms with E-state index in [1.165, 1.54) is 6.20 Å². The van der Waals surface area contributed by atoms with E-state index in [0.29, 0.717) is 5.82 Å². The van der Waals surface area contributed by atoms with E-state index < -0.39 is 5.37 Å². The fourth-order valence-corrected chi connectivity index (χ4v) is 0.964. The largest absolute Gasteiger partial charge is 0.322 e. The van der Waals surface area contributed by atoms with E-state index in [1.807, 2.05) is 6.07 Å². The first-order valence-corrected chi connectivity index (χ1v) is 3.88. The molecule has 13 heavy (non-hydrogen) atoms. The minimum atomic E-state index is -0.708. The quantitative estimate of drug-likeness (QED) is 0.411. The maximum absolute atomic E-state index is 10.8. The van der Waals surface area contributed by atoms with E-state index >= 15 is 0 Å². The number of halogens is 1. The van der Waals surface area contributed by atoms with Crippen LogP contribution < -0.4 is 4.90 Å². The van der Waals surface area contributed by atoms with Gasteiger partial charge in [-0.1, -0.05) is 6.07 Å². The number of carbonyl (C=O) groups excluding carboxylic acids is 1. The van der Waals surface area contributed by atoms with E-state index in [-0.39, 0.29) is 6.54 Å². The summed E-state index contributed by atoms with van der Waals surface area (Å²) in [4.78, 5) is 15.8. The highest BCUT2D eigenvalue weighted by molar-refractivity contribution is 6.66. The second-order valence-corrected chi connectivity index (χ2v) is 2.51. The van der Waals surface area contributed by atoms with Crippen molar-refractivity contribution < 1.29 is 4.79 Å². The molecule has 1 aromatic rings. The van der Waals surface area contributed by atoms with Gasteiger partial charge in [-0.3, -0.25) is 9.69 Å². The Kier molecular flexibility index (Phi) is 3.23. The van der Waals surface area contributed by atoms with Gasteiger partial charge in [-0.05, 0) is 23.7 Å². The molecule has 1 heterocycles. The summed E-state index contributed by atoms with van der Waals surface area (Å²) in [6, 6.07) is 6.87. The Morgan fingerprint density at radius 1 is 1.69 bits per heavy atom. The van der Waals surface area contributed by atoms with Gasteiger partial charge >= 0.3 is 5.37 Å². The maximum Gasteiger partial charge on any atom is 0.322 e. The molecule has 0 saturated carbocycles. The van der Waals surface area contributed by atoms with Gasteiger partial charge in [0.1, 0.15) is 12.4 Å². The Bertz CT molecular complexity index is 333. The second kappa shape index (κ2) is 4.43. The van der Waals surface area contributed by atoms with Crippen molar-refractivity contribution in [2.24, 2.45) is 0 Å². The maximum atomic E-state index is 10.8. The van der Waals surface area contributed by atoms with Gasteiger partial charge in [-0.2, -0.15) is 5.26 Å². The van der Waals surface area contributed by atoms with Crippen LogP contribution in [-0.2, 0) is 0 Å². The van der Waals surface area contributed by atoms with Gasteiger partial charge in [0.15, 0.2) is 0 Å². The van der Waals surface area contributed by atoms with Gasteiger partial charge in [0, 0.05) is 6.20 Å². The highest BCUT2D eigenvalue weighted by Crippen LogP contribution is 2.10. The molecule has 0 radical (unpaired) electrons. The van der Waals surface area contributed by atoms with E-state index in [9.17, 15) is 4.79 Å². The van der Waals surface area contributed by atoms with Crippen LogP contribution in [0.1, 0.15) is 0 Å². The van der Waals surface area contributed by atoms with Crippen LogP contribution in [0.5, 0.6) is 0 Å². The highest BCUT2D eigenvalue weighted by atomic mass is 35.5. The molecule has 0 aliphatic heterocycles. The van der Waals surface area contributed by atoms with Crippen molar-refractivity contribution in [2.75, 3.05) is 11.4 Å². The molecule has 4 nitrogen and oxygen atoms in total. The van der Waals surface area contributed by atoms with Crippen molar-refractivity contribution in [3.05, 3.63) is 24.4 Å². The number of nitrogens with zero attached hydrogens (tertiary/aromatic N) is 3. The molecule has 0 saturated heterocycles. The summed E-state index contributed by atoms with van der Waals surface area (Å²) in [5.74, 6) is 0.379. The van der Waals surface area contributed by atoms with Crippen LogP contribution in [-0.4, -0.2) is 16.9 Å². The monoisotopic (exact) mass is 195 g/mol. The smallest absolute Gasteiger partial charge is 0.269 e. The van der Waals surface area contributed by atoms with E-state index in [0.717, 1.165) is 4.90 Å². The number of hydrogen-bond donors (Lipinski definition) is 0. The number of pyridine rings is 1. The Morgan fingerprint density at radius 2 is 2.46 bits per heavy atom. The summed E-state index contributed by atoms with van der Waals surface area (Å²) >= 11 is 5.25. The summed E-state index contributed by atoms with van der Waals surface area (Å²) < 4.78 is 0. The third-order valence-electron chi connectivity index (χ3n) is 1.37. The van der Waals surface area contributed by atoms with Crippen LogP contribution in [0.2, 0.25) is 0 Å². The Balaban J connectivity index is 2.90. The van der Waals surface area contributed by atoms with Crippen molar-refractivity contribution >= 4 is 22.8 Å². The van der Waals surface area contributed by atoms with Crippen molar-refractivity contribution in [3.8, 4) is 6.07 Å². The molecule has 0 unspecified atom stereocenters. The number of hydrogen-bond acceptors (Lipinski definition) is 3. The third kappa shape index (κ3) is 2.42. The lowest BCUT2D eigenvalue weighted by Crippen LogP contribution is -2.26. The molecule has 5 heteroatoms. The van der Waals surface area contributed by atoms with Gasteiger partial charge in [0.25, 0.3) is 0 Å². The molecule has 1 amide bonds. The lowest BCUT2D eigenvalue weighted by molar-refractivity contribution is 0.264. The van der Waals surface area contributed by atoms with E-state index in [1.54, 1.807) is 18.2 Å². The molecule has 0 spiro atoms.